The van der Waals surface area contributed by atoms with Gasteiger partial charge in [-0.25, -0.2) is 29.9 Å². The Morgan fingerprint density at radius 1 is 0.459 bits per heavy atom. The maximum Gasteiger partial charge on any atom is 1.00 e. The van der Waals surface area contributed by atoms with E-state index < -0.39 is 18.3 Å². The Bertz CT molecular complexity index is 4430. The topological polar surface area (TPSA) is 214 Å². The molecule has 23 heteroatoms. The number of rotatable bonds is 11. The van der Waals surface area contributed by atoms with Crippen LogP contribution in [0.25, 0.3) is 50.9 Å². The molecule has 3 aliphatic heterocycles. The Kier molecular flexibility index (Phi) is 24.3. The van der Waals surface area contributed by atoms with Crippen molar-refractivity contribution in [2.24, 2.45) is 0 Å². The first kappa shape index (κ1) is 72.6. The second-order valence-corrected chi connectivity index (χ2v) is 28.0. The predicted octanol–water partition coefficient (Wildman–Crippen LogP) is 9.23. The number of halogens is 1. The van der Waals surface area contributed by atoms with Crippen molar-refractivity contribution in [3.63, 3.8) is 0 Å². The molecule has 98 heavy (non-hydrogen) atoms. The Hall–Kier alpha value is -6.63. The van der Waals surface area contributed by atoms with Crippen LogP contribution in [0.15, 0.2) is 135 Å². The Balaban J connectivity index is 0.000000146. The Morgan fingerprint density at radius 3 is 1.04 bits per heavy atom. The summed E-state index contributed by atoms with van der Waals surface area (Å²) in [7, 11) is 6.10. The number of hydrogen-bond donors (Lipinski definition) is 3. The molecule has 6 aromatic heterocycles. The van der Waals surface area contributed by atoms with Crippen LogP contribution < -0.4 is 60.9 Å². The largest absolute Gasteiger partial charge is 1.00 e. The third-order valence-corrected chi connectivity index (χ3v) is 21.3. The zero-order valence-corrected chi connectivity index (χ0v) is 62.1. The number of pyridine rings is 3. The van der Waals surface area contributed by atoms with Crippen molar-refractivity contribution in [1.29, 1.82) is 0 Å². The van der Waals surface area contributed by atoms with Crippen LogP contribution in [0.1, 0.15) is 145 Å². The van der Waals surface area contributed by atoms with E-state index in [1.165, 1.54) is 0 Å². The van der Waals surface area contributed by atoms with Gasteiger partial charge in [0.1, 0.15) is 21.7 Å². The first-order valence-electron chi connectivity index (χ1n) is 33.5. The van der Waals surface area contributed by atoms with E-state index in [9.17, 15) is 29.7 Å². The molecule has 0 saturated heterocycles. The fourth-order valence-electron chi connectivity index (χ4n) is 14.8. The second-order valence-electron chi connectivity index (χ2n) is 26.0. The number of aliphatic hydroxyl groups excluding tert-OH is 3. The number of anilines is 3. The smallest absolute Gasteiger partial charge is 0.796 e. The molecule has 3 saturated carbocycles. The van der Waals surface area contributed by atoms with Crippen molar-refractivity contribution in [1.82, 2.24) is 43.6 Å². The summed E-state index contributed by atoms with van der Waals surface area (Å²) in [6.07, 6.45) is 40.1. The number of fused-ring (bicyclic) bond motifs is 9. The molecule has 3 N–H and O–H groups in total. The first-order valence-corrected chi connectivity index (χ1v) is 37.2. The molecule has 506 valence electrons. The molecule has 3 fully saturated rings. The minimum Gasteiger partial charge on any atom is -0.796 e. The van der Waals surface area contributed by atoms with E-state index in [0.717, 1.165) is 185 Å². The quantitative estimate of drug-likeness (QED) is 0.0476. The van der Waals surface area contributed by atoms with Gasteiger partial charge in [-0.3, -0.25) is 28.1 Å². The van der Waals surface area contributed by atoms with Gasteiger partial charge >= 0.3 is 29.6 Å². The molecule has 0 unspecified atom stereocenters. The number of thioether (sulfide) groups is 2. The average molecular weight is 1400 g/mol. The molecule has 0 amide bonds. The summed E-state index contributed by atoms with van der Waals surface area (Å²) in [4.78, 5) is 74.7. The number of nitrogens with zero attached hydrogens (tertiary/aromatic N) is 12. The van der Waals surface area contributed by atoms with Gasteiger partial charge in [-0.1, -0.05) is 105 Å². The maximum absolute atomic E-state index is 13.6. The summed E-state index contributed by atoms with van der Waals surface area (Å²) in [6.45, 7) is 2.32. The van der Waals surface area contributed by atoms with E-state index in [1.54, 1.807) is 74.7 Å². The van der Waals surface area contributed by atoms with Crippen LogP contribution in [0.5, 0.6) is 0 Å². The van der Waals surface area contributed by atoms with Gasteiger partial charge in [-0.15, -0.1) is 23.5 Å². The van der Waals surface area contributed by atoms with E-state index in [1.807, 2.05) is 82.4 Å². The van der Waals surface area contributed by atoms with Crippen LogP contribution in [0.3, 0.4) is 0 Å². The van der Waals surface area contributed by atoms with E-state index in [2.05, 4.69) is 90.9 Å². The van der Waals surface area contributed by atoms with Gasteiger partial charge in [-0.2, -0.15) is 6.26 Å². The summed E-state index contributed by atoms with van der Waals surface area (Å²) in [5.74, 6) is 0. The van der Waals surface area contributed by atoms with Gasteiger partial charge in [0.15, 0.2) is 0 Å². The SMILES string of the molecule is CN1CC=Cc2c(Cc3ccc(Cl)nc3)cc3c(=O)n([C@H]4CCCC[C@@H]4O)cnc3c21.CSc1ccc(Cc2cc3c(=O)n([C@H]4CCCC[C@@H]4O)cnc3c3c2C=CCN3C)cn1.CSc1ccc(Cc2cc3c(=O)n([C@H]4CCCC[C@@H]4O)cnc3c3c2C=CCN3C)cn1.C[S-].[Na+]. The van der Waals surface area contributed by atoms with E-state index in [-0.39, 0.29) is 64.4 Å². The van der Waals surface area contributed by atoms with Gasteiger partial charge in [0.05, 0.1) is 98.7 Å². The second kappa shape index (κ2) is 32.8. The predicted molar refractivity (Wildman–Crippen MR) is 398 cm³/mol. The van der Waals surface area contributed by atoms with Crippen molar-refractivity contribution >= 4 is 116 Å². The third-order valence-electron chi connectivity index (χ3n) is 19.8. The molecule has 3 aromatic carbocycles. The molecule has 15 rings (SSSR count). The van der Waals surface area contributed by atoms with Gasteiger partial charge in [0.25, 0.3) is 16.7 Å². The van der Waals surface area contributed by atoms with Crippen LogP contribution >= 0.6 is 35.1 Å². The normalized spacial score (nSPS) is 20.1. The van der Waals surface area contributed by atoms with Crippen LogP contribution in [-0.4, -0.2) is 137 Å². The zero-order valence-electron chi connectivity index (χ0n) is 56.9. The fourth-order valence-corrected chi connectivity index (χ4v) is 15.7. The van der Waals surface area contributed by atoms with Gasteiger partial charge in [0, 0.05) is 76.1 Å². The van der Waals surface area contributed by atoms with Crippen LogP contribution in [0.4, 0.5) is 17.1 Å². The van der Waals surface area contributed by atoms with Gasteiger partial charge in [-0.05, 0) is 140 Å². The van der Waals surface area contributed by atoms with Gasteiger partial charge in [0.2, 0.25) is 0 Å². The summed E-state index contributed by atoms with van der Waals surface area (Å²) in [5, 5.41) is 35.8. The number of aliphatic hydroxyl groups is 3. The molecule has 6 aliphatic rings. The molecular formula is C75H84ClN12NaO6S3. The molecule has 0 radical (unpaired) electrons. The van der Waals surface area contributed by atoms with Crippen molar-refractivity contribution in [3.05, 3.63) is 197 Å². The number of likely N-dealkylation sites (N-methyl/N-ethyl adjacent to an activating group) is 3. The summed E-state index contributed by atoms with van der Waals surface area (Å²) >= 11 is 13.3. The molecule has 9 heterocycles. The molecule has 0 bridgehead atoms. The standard InChI is InChI=1S/2C25H28N4O2S.C24H25ClN4O2.CH4S.Na/c2*1-28-11-5-6-18-17(12-16-9-10-22(32-2)26-14-16)13-19-23(24(18)28)27-15-29(25(19)31)20-7-3-4-8-21(20)30;1-28-10-4-5-17-16(11-15-8-9-21(25)26-13-15)12-18-22(23(17)28)27-14-29(24(18)31)19-6-2-3-7-20(19)30;1-2;/h2*5-6,9-10,13-15,20-21,30H,3-4,7-8,11-12H2,1-2H3;4-5,8-9,12-14,19-20,30H,2-3,6-7,10-11H2,1H3;2H,1H3;/q;;;;+1/p-1/t2*20-,21-;19-,20-;;/m000../s1. The van der Waals surface area contributed by atoms with Crippen molar-refractivity contribution in [2.45, 2.75) is 143 Å². The number of aromatic nitrogens is 9. The van der Waals surface area contributed by atoms with Crippen molar-refractivity contribution in [2.75, 3.05) is 74.2 Å². The van der Waals surface area contributed by atoms with Crippen LogP contribution in [0.2, 0.25) is 5.15 Å². The molecule has 9 aromatic rings. The minimum atomic E-state index is -0.506. The maximum atomic E-state index is 13.6. The Labute approximate surface area is 613 Å². The molecule has 3 aliphatic carbocycles. The van der Waals surface area contributed by atoms with E-state index >= 15 is 0 Å². The van der Waals surface area contributed by atoms with Crippen molar-refractivity contribution in [3.8, 4) is 0 Å². The van der Waals surface area contributed by atoms with E-state index in [0.29, 0.717) is 46.1 Å². The monoisotopic (exact) mass is 1400 g/mol. The molecule has 0 spiro atoms. The van der Waals surface area contributed by atoms with Gasteiger partial charge < -0.3 is 42.6 Å². The fraction of sp³-hybridized carbons (Fsp3) is 0.400. The molecular weight excluding hydrogens is 1320 g/mol. The first-order chi connectivity index (χ1) is 47.2. The number of hydrogen-bond acceptors (Lipinski definition) is 18. The summed E-state index contributed by atoms with van der Waals surface area (Å²) in [5.41, 5.74) is 14.7. The number of benzene rings is 3. The average Bonchev–Trinajstić information content (AvgIpc) is 0.759. The van der Waals surface area contributed by atoms with Crippen LogP contribution in [-0.2, 0) is 31.9 Å². The Morgan fingerprint density at radius 2 is 0.765 bits per heavy atom. The molecule has 18 nitrogen and oxygen atoms in total. The van der Waals surface area contributed by atoms with E-state index in [4.69, 9.17) is 26.6 Å². The minimum absolute atomic E-state index is 0. The molecule has 6 atom stereocenters. The summed E-state index contributed by atoms with van der Waals surface area (Å²) in [6, 6.07) is 17.4. The van der Waals surface area contributed by atoms with Crippen LogP contribution in [0, 0.1) is 0 Å². The zero-order chi connectivity index (χ0) is 68.0. The van der Waals surface area contributed by atoms with Crippen molar-refractivity contribution < 1.29 is 44.9 Å². The summed E-state index contributed by atoms with van der Waals surface area (Å²) < 4.78 is 4.97. The third kappa shape index (κ3) is 15.3.